The van der Waals surface area contributed by atoms with Crippen molar-refractivity contribution in [2.75, 3.05) is 7.11 Å². The van der Waals surface area contributed by atoms with Crippen molar-refractivity contribution in [2.24, 2.45) is 0 Å². The Morgan fingerprint density at radius 3 is 2.04 bits per heavy atom. The van der Waals surface area contributed by atoms with Crippen molar-refractivity contribution in [3.05, 3.63) is 94.0 Å². The second-order valence-electron chi connectivity index (χ2n) is 5.97. The van der Waals surface area contributed by atoms with Crippen molar-refractivity contribution < 1.29 is 9.47 Å². The van der Waals surface area contributed by atoms with Gasteiger partial charge in [0.1, 0.15) is 6.61 Å². The van der Waals surface area contributed by atoms with Crippen LogP contribution in [0.15, 0.2) is 77.3 Å². The van der Waals surface area contributed by atoms with E-state index in [0.717, 1.165) is 40.2 Å². The smallest absolute Gasteiger partial charge is 0.175 e. The molecule has 5 heteroatoms. The average Bonchev–Trinajstić information content (AvgIpc) is 2.68. The molecule has 3 rings (SSSR count). The zero-order chi connectivity index (χ0) is 18.2. The minimum atomic E-state index is 0. The molecule has 0 aliphatic carbocycles. The van der Waals surface area contributed by atoms with E-state index in [1.54, 1.807) is 7.11 Å². The summed E-state index contributed by atoms with van der Waals surface area (Å²) in [5.41, 5.74) is 3.52. The van der Waals surface area contributed by atoms with Gasteiger partial charge in [-0.1, -0.05) is 60.7 Å². The van der Waals surface area contributed by atoms with Crippen molar-refractivity contribution in [3.63, 3.8) is 0 Å². The number of methoxy groups -OCH3 is 1. The lowest BCUT2D eigenvalue weighted by Crippen LogP contribution is -2.12. The number of nitrogens with one attached hydrogen (secondary N) is 1. The van der Waals surface area contributed by atoms with Gasteiger partial charge in [-0.15, -0.1) is 12.4 Å². The van der Waals surface area contributed by atoms with E-state index in [9.17, 15) is 0 Å². The molecule has 1 N–H and O–H groups in total. The Labute approximate surface area is 175 Å². The zero-order valence-electron chi connectivity index (χ0n) is 15.2. The minimum absolute atomic E-state index is 0. The fraction of sp³-hybridized carbons (Fsp3) is 0.182. The van der Waals surface area contributed by atoms with Gasteiger partial charge in [0.25, 0.3) is 0 Å². The van der Waals surface area contributed by atoms with Gasteiger partial charge < -0.3 is 14.8 Å². The summed E-state index contributed by atoms with van der Waals surface area (Å²) >= 11 is 3.62. The van der Waals surface area contributed by atoms with Crippen LogP contribution in [0.4, 0.5) is 0 Å². The van der Waals surface area contributed by atoms with Gasteiger partial charge in [-0.05, 0) is 44.8 Å². The van der Waals surface area contributed by atoms with E-state index in [1.165, 1.54) is 5.56 Å². The molecule has 27 heavy (non-hydrogen) atoms. The lowest BCUT2D eigenvalue weighted by Gasteiger charge is -2.15. The van der Waals surface area contributed by atoms with Crippen LogP contribution >= 0.6 is 28.3 Å². The molecule has 142 valence electrons. The predicted molar refractivity (Wildman–Crippen MR) is 116 cm³/mol. The van der Waals surface area contributed by atoms with Crippen LogP contribution in [0.25, 0.3) is 0 Å². The molecule has 0 heterocycles. The molecule has 0 aliphatic heterocycles. The average molecular weight is 449 g/mol. The number of ether oxygens (including phenoxy) is 2. The molecular formula is C22H23BrClNO2. The fourth-order valence-electron chi connectivity index (χ4n) is 2.69. The van der Waals surface area contributed by atoms with Gasteiger partial charge in [0.05, 0.1) is 11.6 Å². The highest BCUT2D eigenvalue weighted by atomic mass is 79.9. The largest absolute Gasteiger partial charge is 0.493 e. The Balaban J connectivity index is 0.00000261. The van der Waals surface area contributed by atoms with Crippen molar-refractivity contribution in [1.29, 1.82) is 0 Å². The quantitative estimate of drug-likeness (QED) is 0.476. The SMILES string of the molecule is COc1cc(CNCc2ccccc2)cc(Br)c1OCc1ccccc1.Cl. The molecule has 0 atom stereocenters. The number of hydrogen-bond donors (Lipinski definition) is 1. The highest BCUT2D eigenvalue weighted by Gasteiger charge is 2.12. The summed E-state index contributed by atoms with van der Waals surface area (Å²) in [4.78, 5) is 0. The Hall–Kier alpha value is -2.01. The number of benzene rings is 3. The second-order valence-corrected chi connectivity index (χ2v) is 6.83. The van der Waals surface area contributed by atoms with Crippen LogP contribution in [-0.2, 0) is 19.7 Å². The van der Waals surface area contributed by atoms with Crippen molar-refractivity contribution in [3.8, 4) is 11.5 Å². The third kappa shape index (κ3) is 6.28. The first-order valence-corrected chi connectivity index (χ1v) is 9.33. The van der Waals surface area contributed by atoms with Crippen LogP contribution < -0.4 is 14.8 Å². The molecule has 0 fully saturated rings. The lowest BCUT2D eigenvalue weighted by molar-refractivity contribution is 0.282. The molecule has 3 aromatic rings. The summed E-state index contributed by atoms with van der Waals surface area (Å²) in [5.74, 6) is 1.45. The first-order valence-electron chi connectivity index (χ1n) is 8.54. The molecule has 0 saturated heterocycles. The third-order valence-electron chi connectivity index (χ3n) is 4.02. The maximum absolute atomic E-state index is 5.98. The first-order chi connectivity index (χ1) is 12.8. The van der Waals surface area contributed by atoms with Crippen LogP contribution in [0.1, 0.15) is 16.7 Å². The Bertz CT molecular complexity index is 828. The molecule has 3 nitrogen and oxygen atoms in total. The summed E-state index contributed by atoms with van der Waals surface area (Å²) in [7, 11) is 1.67. The molecule has 0 aliphatic rings. The van der Waals surface area contributed by atoms with E-state index in [0.29, 0.717) is 6.61 Å². The number of halogens is 2. The summed E-state index contributed by atoms with van der Waals surface area (Å²) in [5, 5.41) is 3.46. The molecule has 0 aromatic heterocycles. The zero-order valence-corrected chi connectivity index (χ0v) is 17.6. The molecule has 3 aromatic carbocycles. The van der Waals surface area contributed by atoms with Gasteiger partial charge in [-0.25, -0.2) is 0 Å². The maximum Gasteiger partial charge on any atom is 0.175 e. The summed E-state index contributed by atoms with van der Waals surface area (Å²) in [6.45, 7) is 2.08. The predicted octanol–water partition coefficient (Wildman–Crippen LogP) is 5.75. The van der Waals surface area contributed by atoms with Gasteiger partial charge >= 0.3 is 0 Å². The Morgan fingerprint density at radius 1 is 0.815 bits per heavy atom. The summed E-state index contributed by atoms with van der Waals surface area (Å²) in [6.07, 6.45) is 0. The molecule has 0 spiro atoms. The Morgan fingerprint density at radius 2 is 1.41 bits per heavy atom. The number of rotatable bonds is 8. The molecule has 0 amide bonds. The molecule has 0 saturated carbocycles. The van der Waals surface area contributed by atoms with Gasteiger partial charge in [0.2, 0.25) is 0 Å². The van der Waals surface area contributed by atoms with Gasteiger partial charge in [-0.3, -0.25) is 0 Å². The molecular weight excluding hydrogens is 426 g/mol. The second kappa shape index (κ2) is 11.0. The van der Waals surface area contributed by atoms with Crippen LogP contribution in [0.3, 0.4) is 0 Å². The van der Waals surface area contributed by atoms with Crippen LogP contribution in [0, 0.1) is 0 Å². The Kier molecular flexibility index (Phi) is 8.65. The normalized spacial score (nSPS) is 10.1. The van der Waals surface area contributed by atoms with Crippen LogP contribution in [0.5, 0.6) is 11.5 Å². The van der Waals surface area contributed by atoms with E-state index in [1.807, 2.05) is 42.5 Å². The molecule has 0 radical (unpaired) electrons. The number of hydrogen-bond acceptors (Lipinski definition) is 3. The highest BCUT2D eigenvalue weighted by Crippen LogP contribution is 2.37. The van der Waals surface area contributed by atoms with Crippen molar-refractivity contribution in [1.82, 2.24) is 5.32 Å². The van der Waals surface area contributed by atoms with Gasteiger partial charge in [-0.2, -0.15) is 0 Å². The maximum atomic E-state index is 5.98. The first kappa shape index (κ1) is 21.3. The van der Waals surface area contributed by atoms with E-state index in [2.05, 4.69) is 51.6 Å². The van der Waals surface area contributed by atoms with E-state index >= 15 is 0 Å². The highest BCUT2D eigenvalue weighted by molar-refractivity contribution is 9.10. The van der Waals surface area contributed by atoms with Gasteiger partial charge in [0.15, 0.2) is 11.5 Å². The summed E-state index contributed by atoms with van der Waals surface area (Å²) < 4.78 is 12.4. The van der Waals surface area contributed by atoms with Crippen LogP contribution in [-0.4, -0.2) is 7.11 Å². The van der Waals surface area contributed by atoms with Crippen LogP contribution in [0.2, 0.25) is 0 Å². The van der Waals surface area contributed by atoms with E-state index in [4.69, 9.17) is 9.47 Å². The monoisotopic (exact) mass is 447 g/mol. The summed E-state index contributed by atoms with van der Waals surface area (Å²) in [6, 6.07) is 24.5. The topological polar surface area (TPSA) is 30.5 Å². The third-order valence-corrected chi connectivity index (χ3v) is 4.61. The molecule has 0 unspecified atom stereocenters. The molecule has 0 bridgehead atoms. The minimum Gasteiger partial charge on any atom is -0.493 e. The van der Waals surface area contributed by atoms with Gasteiger partial charge in [0, 0.05) is 13.1 Å². The fourth-order valence-corrected chi connectivity index (χ4v) is 3.30. The van der Waals surface area contributed by atoms with E-state index < -0.39 is 0 Å². The standard InChI is InChI=1S/C22H22BrNO2.ClH/c1-25-21-13-19(15-24-14-17-8-4-2-5-9-17)12-20(23)22(21)26-16-18-10-6-3-7-11-18;/h2-13,24H,14-16H2,1H3;1H. The van der Waals surface area contributed by atoms with Crippen molar-refractivity contribution >= 4 is 28.3 Å². The lowest BCUT2D eigenvalue weighted by atomic mass is 10.2. The van der Waals surface area contributed by atoms with E-state index in [-0.39, 0.29) is 12.4 Å². The van der Waals surface area contributed by atoms with Crippen molar-refractivity contribution in [2.45, 2.75) is 19.7 Å².